The Morgan fingerprint density at radius 2 is 2.09 bits per heavy atom. The predicted octanol–water partition coefficient (Wildman–Crippen LogP) is 3.89. The fourth-order valence-corrected chi connectivity index (χ4v) is 5.23. The Hall–Kier alpha value is -2.76. The molecular weight excluding hydrogens is 589 g/mol. The van der Waals surface area contributed by atoms with E-state index in [0.717, 1.165) is 23.8 Å². The molecule has 2 aromatic carbocycles. The van der Waals surface area contributed by atoms with Gasteiger partial charge in [-0.1, -0.05) is 42.1 Å². The van der Waals surface area contributed by atoms with Gasteiger partial charge in [0.25, 0.3) is 5.91 Å². The van der Waals surface area contributed by atoms with E-state index in [2.05, 4.69) is 20.7 Å². The van der Waals surface area contributed by atoms with E-state index in [1.165, 1.54) is 23.9 Å². The smallest absolute Gasteiger partial charge is 0.283 e. The van der Waals surface area contributed by atoms with Crippen LogP contribution in [0.3, 0.4) is 0 Å². The first-order valence-electron chi connectivity index (χ1n) is 10.5. The van der Waals surface area contributed by atoms with Crippen molar-refractivity contribution in [2.45, 2.75) is 21.8 Å². The van der Waals surface area contributed by atoms with Gasteiger partial charge in [-0.05, 0) is 59.2 Å². The van der Waals surface area contributed by atoms with Gasteiger partial charge in [-0.15, -0.1) is 4.99 Å². The van der Waals surface area contributed by atoms with Gasteiger partial charge in [0.1, 0.15) is 21.5 Å². The zero-order chi connectivity index (χ0) is 25.4. The molecule has 12 heteroatoms. The SMILES string of the molecule is CN/C(=N/C#N)NCCC[C@@]1(c2ccccc2)SC(c2cc(F)ccc2F)=NN1C(=O)[C@H](I)OC. The Kier molecular flexibility index (Phi) is 9.41. The number of methoxy groups -OCH3 is 1. The average molecular weight is 612 g/mol. The first-order chi connectivity index (χ1) is 16.9. The van der Waals surface area contributed by atoms with E-state index in [-0.39, 0.29) is 10.6 Å². The number of alkyl halides is 1. The lowest BCUT2D eigenvalue weighted by atomic mass is 10.00. The quantitative estimate of drug-likeness (QED) is 0.117. The van der Waals surface area contributed by atoms with Crippen LogP contribution in [0.4, 0.5) is 8.78 Å². The van der Waals surface area contributed by atoms with Crippen molar-refractivity contribution in [3.05, 3.63) is 71.3 Å². The van der Waals surface area contributed by atoms with Crippen molar-refractivity contribution in [2.75, 3.05) is 20.7 Å². The molecule has 0 saturated carbocycles. The second-order valence-electron chi connectivity index (χ2n) is 7.32. The number of rotatable bonds is 8. The van der Waals surface area contributed by atoms with Crippen molar-refractivity contribution in [3.63, 3.8) is 0 Å². The van der Waals surface area contributed by atoms with Crippen molar-refractivity contribution in [2.24, 2.45) is 10.1 Å². The highest BCUT2D eigenvalue weighted by Gasteiger charge is 2.49. The van der Waals surface area contributed by atoms with Crippen LogP contribution in [0.15, 0.2) is 58.6 Å². The minimum absolute atomic E-state index is 0.0234. The first-order valence-corrected chi connectivity index (χ1v) is 12.6. The summed E-state index contributed by atoms with van der Waals surface area (Å²) in [5, 5.41) is 20.6. The van der Waals surface area contributed by atoms with Crippen molar-refractivity contribution in [1.82, 2.24) is 15.6 Å². The number of hydrazone groups is 1. The van der Waals surface area contributed by atoms with Gasteiger partial charge >= 0.3 is 0 Å². The molecule has 2 atom stereocenters. The summed E-state index contributed by atoms with van der Waals surface area (Å²) in [7, 11) is 3.05. The number of amides is 1. The Bertz CT molecular complexity index is 1160. The largest absolute Gasteiger partial charge is 0.361 e. The summed E-state index contributed by atoms with van der Waals surface area (Å²) < 4.78 is 33.1. The van der Waals surface area contributed by atoms with Gasteiger partial charge in [0.15, 0.2) is 4.11 Å². The maximum atomic E-state index is 14.7. The normalized spacial score (nSPS) is 18.6. The van der Waals surface area contributed by atoms with E-state index in [0.29, 0.717) is 25.3 Å². The van der Waals surface area contributed by atoms with Crippen LogP contribution in [-0.4, -0.2) is 46.7 Å². The van der Waals surface area contributed by atoms with E-state index in [1.54, 1.807) is 13.2 Å². The minimum Gasteiger partial charge on any atom is -0.361 e. The maximum absolute atomic E-state index is 14.7. The van der Waals surface area contributed by atoms with Gasteiger partial charge in [0.2, 0.25) is 12.2 Å². The lowest BCUT2D eigenvalue weighted by molar-refractivity contribution is -0.140. The lowest BCUT2D eigenvalue weighted by Gasteiger charge is -2.36. The summed E-state index contributed by atoms with van der Waals surface area (Å²) in [5.41, 5.74) is 0.748. The van der Waals surface area contributed by atoms with E-state index >= 15 is 0 Å². The predicted molar refractivity (Wildman–Crippen MR) is 140 cm³/mol. The number of nitriles is 1. The Balaban J connectivity index is 2.02. The van der Waals surface area contributed by atoms with Gasteiger partial charge in [-0.2, -0.15) is 10.4 Å². The molecule has 1 amide bonds. The topological polar surface area (TPSA) is 102 Å². The van der Waals surface area contributed by atoms with Crippen LogP contribution in [0, 0.1) is 23.1 Å². The van der Waals surface area contributed by atoms with Crippen molar-refractivity contribution in [3.8, 4) is 6.19 Å². The molecule has 1 heterocycles. The molecule has 3 rings (SSSR count). The van der Waals surface area contributed by atoms with Crippen LogP contribution in [0.2, 0.25) is 0 Å². The van der Waals surface area contributed by atoms with Gasteiger partial charge < -0.3 is 15.4 Å². The van der Waals surface area contributed by atoms with Gasteiger partial charge in [0.05, 0.1) is 0 Å². The third-order valence-corrected chi connectivity index (χ3v) is 7.66. The third kappa shape index (κ3) is 6.09. The highest BCUT2D eigenvalue weighted by molar-refractivity contribution is 14.1. The second kappa shape index (κ2) is 12.3. The standard InChI is InChI=1S/C23H23F2IN6O2S/c1-28-22(30-14-27)29-12-6-11-23(15-7-4-3-5-8-15)32(21(33)19(26)34-2)31-20(35-23)17-13-16(24)9-10-18(17)25/h3-5,7-10,13,19H,6,11-12H2,1-2H3,(H2,28,29,30)/t19-,23+/m1/s1. The van der Waals surface area contributed by atoms with Crippen LogP contribution < -0.4 is 10.6 Å². The lowest BCUT2D eigenvalue weighted by Crippen LogP contribution is -2.45. The molecule has 1 aliphatic heterocycles. The van der Waals surface area contributed by atoms with Crippen LogP contribution >= 0.6 is 34.4 Å². The number of carbonyl (C=O) groups excluding carboxylic acids is 1. The van der Waals surface area contributed by atoms with Gasteiger partial charge in [-0.25, -0.2) is 13.8 Å². The van der Waals surface area contributed by atoms with E-state index in [9.17, 15) is 13.6 Å². The number of ether oxygens (including phenoxy) is 1. The third-order valence-electron chi connectivity index (χ3n) is 5.18. The van der Waals surface area contributed by atoms with Gasteiger partial charge in [0, 0.05) is 26.3 Å². The minimum atomic E-state index is -1.04. The number of aliphatic imine (C=N–C) groups is 1. The number of benzene rings is 2. The molecule has 0 bridgehead atoms. The summed E-state index contributed by atoms with van der Waals surface area (Å²) in [6, 6.07) is 12.4. The van der Waals surface area contributed by atoms with Crippen LogP contribution in [0.1, 0.15) is 24.0 Å². The molecule has 0 unspecified atom stereocenters. The van der Waals surface area contributed by atoms with Crippen LogP contribution in [0.5, 0.6) is 0 Å². The molecule has 2 N–H and O–H groups in total. The fraction of sp³-hybridized carbons (Fsp3) is 0.304. The van der Waals surface area contributed by atoms with Gasteiger partial charge in [-0.3, -0.25) is 4.79 Å². The number of guanidine groups is 1. The summed E-state index contributed by atoms with van der Waals surface area (Å²) in [6.07, 6.45) is 2.65. The van der Waals surface area contributed by atoms with Crippen molar-refractivity contribution < 1.29 is 18.3 Å². The second-order valence-corrected chi connectivity index (χ2v) is 9.72. The highest BCUT2D eigenvalue weighted by Crippen LogP contribution is 2.51. The monoisotopic (exact) mass is 612 g/mol. The molecule has 0 saturated heterocycles. The Morgan fingerprint density at radius 3 is 2.74 bits per heavy atom. The number of nitrogens with zero attached hydrogens (tertiary/aromatic N) is 4. The maximum Gasteiger partial charge on any atom is 0.283 e. The Morgan fingerprint density at radius 1 is 1.34 bits per heavy atom. The van der Waals surface area contributed by atoms with Crippen LogP contribution in [-0.2, 0) is 14.4 Å². The van der Waals surface area contributed by atoms with Crippen molar-refractivity contribution >= 4 is 51.3 Å². The number of hydrogen-bond acceptors (Lipinski definition) is 6. The highest BCUT2D eigenvalue weighted by atomic mass is 127. The summed E-state index contributed by atoms with van der Waals surface area (Å²) in [6.45, 7) is 0.431. The van der Waals surface area contributed by atoms with E-state index in [1.807, 2.05) is 52.9 Å². The zero-order valence-corrected chi connectivity index (χ0v) is 21.9. The van der Waals surface area contributed by atoms with Crippen LogP contribution in [0.25, 0.3) is 0 Å². The molecule has 35 heavy (non-hydrogen) atoms. The molecule has 0 aliphatic carbocycles. The molecule has 0 fully saturated rings. The number of nitrogens with one attached hydrogen (secondary N) is 2. The number of carbonyl (C=O) groups is 1. The molecule has 0 aromatic heterocycles. The average Bonchev–Trinajstić information content (AvgIpc) is 3.27. The molecule has 184 valence electrons. The summed E-state index contributed by atoms with van der Waals surface area (Å²) >= 11 is 3.06. The van der Waals surface area contributed by atoms with E-state index in [4.69, 9.17) is 10.00 Å². The Labute approximate surface area is 220 Å². The summed E-state index contributed by atoms with van der Waals surface area (Å²) in [4.78, 5) is 16.0. The molecule has 0 spiro atoms. The fourth-order valence-electron chi connectivity index (χ4n) is 3.54. The number of halogens is 3. The molecule has 0 radical (unpaired) electrons. The molecule has 2 aromatic rings. The zero-order valence-electron chi connectivity index (χ0n) is 19.0. The first kappa shape index (κ1) is 26.8. The van der Waals surface area contributed by atoms with Crippen molar-refractivity contribution in [1.29, 1.82) is 5.26 Å². The summed E-state index contributed by atoms with van der Waals surface area (Å²) in [5.74, 6) is -1.35. The molecule has 8 nitrogen and oxygen atoms in total. The number of thioether (sulfide) groups is 1. The number of hydrogen-bond donors (Lipinski definition) is 2. The molecule has 1 aliphatic rings. The molecular formula is C23H23F2IN6O2S. The van der Waals surface area contributed by atoms with E-state index < -0.39 is 26.5 Å².